The van der Waals surface area contributed by atoms with Gasteiger partial charge in [-0.25, -0.2) is 5.84 Å². The summed E-state index contributed by atoms with van der Waals surface area (Å²) in [7, 11) is 0. The average Bonchev–Trinajstić information content (AvgIpc) is 2.20. The van der Waals surface area contributed by atoms with Crippen molar-refractivity contribution in [3.05, 3.63) is 34.2 Å². The number of pyridine rings is 1. The quantitative estimate of drug-likeness (QED) is 0.389. The van der Waals surface area contributed by atoms with Crippen LogP contribution in [0.4, 0.5) is 0 Å². The summed E-state index contributed by atoms with van der Waals surface area (Å²) >= 11 is 0. The maximum atomic E-state index is 11.5. The van der Waals surface area contributed by atoms with Gasteiger partial charge in [0, 0.05) is 24.7 Å². The summed E-state index contributed by atoms with van der Waals surface area (Å²) in [5.41, 5.74) is 2.61. The zero-order valence-electron chi connectivity index (χ0n) is 7.99. The Hall–Kier alpha value is -1.62. The number of hydrazine groups is 1. The Morgan fingerprint density at radius 2 is 2.36 bits per heavy atom. The van der Waals surface area contributed by atoms with Gasteiger partial charge in [-0.15, -0.1) is 0 Å². The highest BCUT2D eigenvalue weighted by molar-refractivity contribution is 5.74. The van der Waals surface area contributed by atoms with E-state index in [1.807, 2.05) is 5.43 Å². The Bertz CT molecular complexity index is 384. The molecule has 14 heavy (non-hydrogen) atoms. The molecule has 0 radical (unpaired) electrons. The molecule has 0 aliphatic rings. The van der Waals surface area contributed by atoms with Gasteiger partial charge in [-0.1, -0.05) is 6.07 Å². The van der Waals surface area contributed by atoms with Gasteiger partial charge in [0.25, 0.3) is 5.56 Å². The van der Waals surface area contributed by atoms with E-state index in [1.165, 1.54) is 4.57 Å². The Balaban J connectivity index is 2.73. The third-order valence-corrected chi connectivity index (χ3v) is 1.95. The maximum absolute atomic E-state index is 11.5. The lowest BCUT2D eigenvalue weighted by Crippen LogP contribution is -2.32. The van der Waals surface area contributed by atoms with Crippen molar-refractivity contribution in [2.45, 2.75) is 19.9 Å². The van der Waals surface area contributed by atoms with Crippen molar-refractivity contribution in [1.82, 2.24) is 9.99 Å². The molecule has 0 aliphatic carbocycles. The number of aromatic nitrogens is 1. The zero-order chi connectivity index (χ0) is 10.6. The van der Waals surface area contributed by atoms with E-state index in [0.717, 1.165) is 0 Å². The minimum absolute atomic E-state index is 0.0719. The SMILES string of the molecule is Cc1cccn(CCC(=O)NN)c1=O. The van der Waals surface area contributed by atoms with Gasteiger partial charge in [-0.05, 0) is 13.0 Å². The van der Waals surface area contributed by atoms with Crippen molar-refractivity contribution in [1.29, 1.82) is 0 Å². The monoisotopic (exact) mass is 195 g/mol. The van der Waals surface area contributed by atoms with E-state index >= 15 is 0 Å². The lowest BCUT2D eigenvalue weighted by Gasteiger charge is -2.04. The molecule has 1 aromatic heterocycles. The molecule has 0 bridgehead atoms. The molecule has 1 heterocycles. The first-order valence-corrected chi connectivity index (χ1v) is 4.30. The van der Waals surface area contributed by atoms with Crippen LogP contribution in [0.25, 0.3) is 0 Å². The van der Waals surface area contributed by atoms with Crippen LogP contribution in [0.5, 0.6) is 0 Å². The Kier molecular flexibility index (Phi) is 3.41. The van der Waals surface area contributed by atoms with E-state index in [1.54, 1.807) is 25.3 Å². The van der Waals surface area contributed by atoms with Crippen LogP contribution in [0.3, 0.4) is 0 Å². The summed E-state index contributed by atoms with van der Waals surface area (Å²) in [6.07, 6.45) is 1.86. The summed E-state index contributed by atoms with van der Waals surface area (Å²) in [6, 6.07) is 3.51. The largest absolute Gasteiger partial charge is 0.315 e. The third kappa shape index (κ3) is 2.43. The smallest absolute Gasteiger partial charge is 0.253 e. The van der Waals surface area contributed by atoms with Gasteiger partial charge < -0.3 is 4.57 Å². The number of nitrogens with zero attached hydrogens (tertiary/aromatic N) is 1. The molecule has 0 saturated heterocycles. The number of amides is 1. The van der Waals surface area contributed by atoms with Crippen molar-refractivity contribution in [2.24, 2.45) is 5.84 Å². The number of rotatable bonds is 3. The predicted octanol–water partition coefficient (Wildman–Crippen LogP) is -0.463. The second kappa shape index (κ2) is 4.57. The van der Waals surface area contributed by atoms with E-state index < -0.39 is 0 Å². The first-order valence-electron chi connectivity index (χ1n) is 4.30. The molecule has 1 rings (SSSR count). The fourth-order valence-corrected chi connectivity index (χ4v) is 1.13. The highest BCUT2D eigenvalue weighted by Crippen LogP contribution is 1.91. The molecule has 0 unspecified atom stereocenters. The standard InChI is InChI=1S/C9H13N3O2/c1-7-3-2-5-12(9(7)14)6-4-8(13)11-10/h2-3,5H,4,6,10H2,1H3,(H,11,13). The topological polar surface area (TPSA) is 77.1 Å². The number of aryl methyl sites for hydroxylation is 2. The molecule has 0 atom stereocenters. The molecular weight excluding hydrogens is 182 g/mol. The van der Waals surface area contributed by atoms with Crippen LogP contribution in [-0.2, 0) is 11.3 Å². The van der Waals surface area contributed by atoms with E-state index in [9.17, 15) is 9.59 Å². The number of nitrogens with two attached hydrogens (primary N) is 1. The summed E-state index contributed by atoms with van der Waals surface area (Å²) in [5, 5.41) is 0. The minimum Gasteiger partial charge on any atom is -0.315 e. The molecule has 76 valence electrons. The number of nitrogens with one attached hydrogen (secondary N) is 1. The molecule has 0 aromatic carbocycles. The maximum Gasteiger partial charge on any atom is 0.253 e. The number of hydrogen-bond donors (Lipinski definition) is 2. The second-order valence-corrected chi connectivity index (χ2v) is 3.01. The van der Waals surface area contributed by atoms with Crippen LogP contribution in [0.2, 0.25) is 0 Å². The first kappa shape index (κ1) is 10.5. The van der Waals surface area contributed by atoms with E-state index in [0.29, 0.717) is 12.1 Å². The highest BCUT2D eigenvalue weighted by atomic mass is 16.2. The van der Waals surface area contributed by atoms with Gasteiger partial charge in [0.15, 0.2) is 0 Å². The predicted molar refractivity (Wildman–Crippen MR) is 52.4 cm³/mol. The number of hydrogen-bond acceptors (Lipinski definition) is 3. The lowest BCUT2D eigenvalue weighted by atomic mass is 10.3. The van der Waals surface area contributed by atoms with E-state index in [4.69, 9.17) is 5.84 Å². The van der Waals surface area contributed by atoms with E-state index in [-0.39, 0.29) is 17.9 Å². The van der Waals surface area contributed by atoms with Crippen LogP contribution in [0, 0.1) is 6.92 Å². The van der Waals surface area contributed by atoms with Crippen LogP contribution in [0.1, 0.15) is 12.0 Å². The molecule has 5 nitrogen and oxygen atoms in total. The van der Waals surface area contributed by atoms with Crippen molar-refractivity contribution >= 4 is 5.91 Å². The fourth-order valence-electron chi connectivity index (χ4n) is 1.13. The van der Waals surface area contributed by atoms with Gasteiger partial charge in [-0.3, -0.25) is 15.0 Å². The molecule has 1 aromatic rings. The molecular formula is C9H13N3O2. The fraction of sp³-hybridized carbons (Fsp3) is 0.333. The minimum atomic E-state index is -0.279. The summed E-state index contributed by atoms with van der Waals surface area (Å²) in [5.74, 6) is 4.64. The molecule has 0 spiro atoms. The third-order valence-electron chi connectivity index (χ3n) is 1.95. The average molecular weight is 195 g/mol. The van der Waals surface area contributed by atoms with Crippen molar-refractivity contribution in [3.63, 3.8) is 0 Å². The van der Waals surface area contributed by atoms with Gasteiger partial charge >= 0.3 is 0 Å². The van der Waals surface area contributed by atoms with Gasteiger partial charge in [0.05, 0.1) is 0 Å². The van der Waals surface area contributed by atoms with Gasteiger partial charge in [0.2, 0.25) is 5.91 Å². The molecule has 3 N–H and O–H groups in total. The molecule has 0 saturated carbocycles. The molecule has 0 fully saturated rings. The highest BCUT2D eigenvalue weighted by Gasteiger charge is 2.01. The van der Waals surface area contributed by atoms with E-state index in [2.05, 4.69) is 0 Å². The summed E-state index contributed by atoms with van der Waals surface area (Å²) in [6.45, 7) is 2.09. The number of carbonyl (C=O) groups is 1. The summed E-state index contributed by atoms with van der Waals surface area (Å²) in [4.78, 5) is 22.3. The van der Waals surface area contributed by atoms with Crippen molar-refractivity contribution in [2.75, 3.05) is 0 Å². The van der Waals surface area contributed by atoms with Crippen LogP contribution in [-0.4, -0.2) is 10.5 Å². The zero-order valence-corrected chi connectivity index (χ0v) is 7.99. The summed E-state index contributed by atoms with van der Waals surface area (Å²) < 4.78 is 1.49. The molecule has 0 aliphatic heterocycles. The van der Waals surface area contributed by atoms with Crippen LogP contribution in [0.15, 0.2) is 23.1 Å². The van der Waals surface area contributed by atoms with Gasteiger partial charge in [-0.2, -0.15) is 0 Å². The normalized spacial score (nSPS) is 9.86. The number of carbonyl (C=O) groups excluding carboxylic acids is 1. The van der Waals surface area contributed by atoms with Crippen LogP contribution < -0.4 is 16.8 Å². The Labute approximate surface area is 81.5 Å². The van der Waals surface area contributed by atoms with Crippen molar-refractivity contribution < 1.29 is 4.79 Å². The second-order valence-electron chi connectivity index (χ2n) is 3.01. The Morgan fingerprint density at radius 1 is 1.64 bits per heavy atom. The van der Waals surface area contributed by atoms with Crippen molar-refractivity contribution in [3.8, 4) is 0 Å². The lowest BCUT2D eigenvalue weighted by molar-refractivity contribution is -0.121. The Morgan fingerprint density at radius 3 is 3.00 bits per heavy atom. The first-order chi connectivity index (χ1) is 6.65. The molecule has 5 heteroatoms. The van der Waals surface area contributed by atoms with Gasteiger partial charge in [0.1, 0.15) is 0 Å². The molecule has 1 amide bonds. The van der Waals surface area contributed by atoms with Crippen LogP contribution >= 0.6 is 0 Å².